The summed E-state index contributed by atoms with van der Waals surface area (Å²) in [5, 5.41) is 2.15. The van der Waals surface area contributed by atoms with E-state index in [0.717, 1.165) is 15.2 Å². The van der Waals surface area contributed by atoms with Gasteiger partial charge in [-0.1, -0.05) is 36.4 Å². The summed E-state index contributed by atoms with van der Waals surface area (Å²) < 4.78 is 6.58. The number of rotatable bonds is 3. The Labute approximate surface area is 129 Å². The minimum Gasteiger partial charge on any atom is -0.438 e. The number of benzene rings is 2. The van der Waals surface area contributed by atoms with Crippen LogP contribution in [-0.4, -0.2) is 10.9 Å². The zero-order valence-electron chi connectivity index (χ0n) is 10.9. The van der Waals surface area contributed by atoms with Crippen LogP contribution in [0.15, 0.2) is 59.1 Å². The molecule has 0 aliphatic rings. The molecule has 0 saturated heterocycles. The third-order valence-electron chi connectivity index (χ3n) is 3.02. The molecular formula is C16H11BrN2O2. The van der Waals surface area contributed by atoms with Crippen LogP contribution in [0.2, 0.25) is 0 Å². The Morgan fingerprint density at radius 3 is 2.67 bits per heavy atom. The standard InChI is InChI=1S/C16H11BrN2O2/c17-15-11-5-2-1-4-10(11)8-9-13(15)21-14-7-3-6-12(19-14)16(18)20/h1-9H,(H2,18,20). The van der Waals surface area contributed by atoms with Crippen LogP contribution in [-0.2, 0) is 0 Å². The number of halogens is 1. The second-order valence-corrected chi connectivity index (χ2v) is 5.22. The summed E-state index contributed by atoms with van der Waals surface area (Å²) in [7, 11) is 0. The molecule has 104 valence electrons. The van der Waals surface area contributed by atoms with Crippen molar-refractivity contribution in [1.29, 1.82) is 0 Å². The minimum atomic E-state index is -0.585. The third-order valence-corrected chi connectivity index (χ3v) is 3.84. The largest absolute Gasteiger partial charge is 0.438 e. The lowest BCUT2D eigenvalue weighted by atomic mass is 10.1. The summed E-state index contributed by atoms with van der Waals surface area (Å²) >= 11 is 3.54. The van der Waals surface area contributed by atoms with E-state index in [0.29, 0.717) is 11.6 Å². The molecule has 0 atom stereocenters. The number of carbonyl (C=O) groups is 1. The van der Waals surface area contributed by atoms with Crippen LogP contribution in [0.4, 0.5) is 0 Å². The molecule has 3 aromatic rings. The zero-order valence-corrected chi connectivity index (χ0v) is 12.5. The van der Waals surface area contributed by atoms with E-state index in [9.17, 15) is 4.79 Å². The molecular weight excluding hydrogens is 332 g/mol. The van der Waals surface area contributed by atoms with Gasteiger partial charge in [-0.2, -0.15) is 0 Å². The number of carbonyl (C=O) groups excluding carboxylic acids is 1. The first-order valence-electron chi connectivity index (χ1n) is 6.27. The van der Waals surface area contributed by atoms with Gasteiger partial charge in [0, 0.05) is 6.07 Å². The highest BCUT2D eigenvalue weighted by atomic mass is 79.9. The van der Waals surface area contributed by atoms with E-state index < -0.39 is 5.91 Å². The Kier molecular flexibility index (Phi) is 3.58. The summed E-state index contributed by atoms with van der Waals surface area (Å²) in [6.07, 6.45) is 0. The molecule has 0 fully saturated rings. The molecule has 1 amide bonds. The average molecular weight is 343 g/mol. The second kappa shape index (κ2) is 5.54. The monoisotopic (exact) mass is 342 g/mol. The van der Waals surface area contributed by atoms with Crippen molar-refractivity contribution in [3.63, 3.8) is 0 Å². The maximum Gasteiger partial charge on any atom is 0.267 e. The Morgan fingerprint density at radius 1 is 1.05 bits per heavy atom. The number of fused-ring (bicyclic) bond motifs is 1. The number of hydrogen-bond acceptors (Lipinski definition) is 3. The fourth-order valence-electron chi connectivity index (χ4n) is 2.01. The van der Waals surface area contributed by atoms with Crippen molar-refractivity contribution in [2.75, 3.05) is 0 Å². The van der Waals surface area contributed by atoms with Crippen molar-refractivity contribution in [1.82, 2.24) is 4.98 Å². The van der Waals surface area contributed by atoms with Crippen molar-refractivity contribution in [2.45, 2.75) is 0 Å². The van der Waals surface area contributed by atoms with Crippen molar-refractivity contribution in [3.8, 4) is 11.6 Å². The molecule has 2 aromatic carbocycles. The topological polar surface area (TPSA) is 65.2 Å². The van der Waals surface area contributed by atoms with E-state index >= 15 is 0 Å². The molecule has 21 heavy (non-hydrogen) atoms. The fraction of sp³-hybridized carbons (Fsp3) is 0. The Hall–Kier alpha value is -2.40. The molecule has 0 unspecified atom stereocenters. The van der Waals surface area contributed by atoms with Gasteiger partial charge >= 0.3 is 0 Å². The van der Waals surface area contributed by atoms with Gasteiger partial charge in [-0.3, -0.25) is 4.79 Å². The van der Waals surface area contributed by atoms with Crippen LogP contribution in [0.25, 0.3) is 10.8 Å². The van der Waals surface area contributed by atoms with E-state index in [1.807, 2.05) is 36.4 Å². The number of primary amides is 1. The average Bonchev–Trinajstić information content (AvgIpc) is 2.51. The normalized spacial score (nSPS) is 10.5. The zero-order chi connectivity index (χ0) is 14.8. The highest BCUT2D eigenvalue weighted by Crippen LogP contribution is 2.35. The highest BCUT2D eigenvalue weighted by molar-refractivity contribution is 9.10. The summed E-state index contributed by atoms with van der Waals surface area (Å²) in [6, 6.07) is 16.7. The molecule has 2 N–H and O–H groups in total. The molecule has 1 heterocycles. The lowest BCUT2D eigenvalue weighted by molar-refractivity contribution is 0.0995. The fourth-order valence-corrected chi connectivity index (χ4v) is 2.59. The SMILES string of the molecule is NC(=O)c1cccc(Oc2ccc3ccccc3c2Br)n1. The number of aromatic nitrogens is 1. The second-order valence-electron chi connectivity index (χ2n) is 4.43. The molecule has 0 radical (unpaired) electrons. The van der Waals surface area contributed by atoms with Crippen LogP contribution in [0.3, 0.4) is 0 Å². The molecule has 3 rings (SSSR count). The molecule has 1 aromatic heterocycles. The minimum absolute atomic E-state index is 0.171. The van der Waals surface area contributed by atoms with Gasteiger partial charge in [-0.25, -0.2) is 4.98 Å². The Bertz CT molecular complexity index is 833. The molecule has 0 saturated carbocycles. The van der Waals surface area contributed by atoms with Crippen LogP contribution < -0.4 is 10.5 Å². The number of hydrogen-bond donors (Lipinski definition) is 1. The maximum atomic E-state index is 11.1. The molecule has 0 spiro atoms. The van der Waals surface area contributed by atoms with Gasteiger partial charge in [0.1, 0.15) is 11.4 Å². The van der Waals surface area contributed by atoms with E-state index in [1.54, 1.807) is 18.2 Å². The Balaban J connectivity index is 2.00. The predicted molar refractivity (Wildman–Crippen MR) is 84.5 cm³/mol. The van der Waals surface area contributed by atoms with E-state index in [4.69, 9.17) is 10.5 Å². The Morgan fingerprint density at radius 2 is 1.86 bits per heavy atom. The van der Waals surface area contributed by atoms with Gasteiger partial charge in [0.05, 0.1) is 4.47 Å². The number of pyridine rings is 1. The van der Waals surface area contributed by atoms with Gasteiger partial charge < -0.3 is 10.5 Å². The highest BCUT2D eigenvalue weighted by Gasteiger charge is 2.09. The van der Waals surface area contributed by atoms with Crippen molar-refractivity contribution in [3.05, 3.63) is 64.8 Å². The van der Waals surface area contributed by atoms with Crippen LogP contribution >= 0.6 is 15.9 Å². The van der Waals surface area contributed by atoms with Crippen LogP contribution in [0.5, 0.6) is 11.6 Å². The van der Waals surface area contributed by atoms with Gasteiger partial charge in [0.25, 0.3) is 5.91 Å². The number of ether oxygens (including phenoxy) is 1. The smallest absolute Gasteiger partial charge is 0.267 e. The first-order chi connectivity index (χ1) is 10.1. The lowest BCUT2D eigenvalue weighted by Gasteiger charge is -2.09. The molecule has 5 heteroatoms. The van der Waals surface area contributed by atoms with Crippen LogP contribution in [0, 0.1) is 0 Å². The number of amides is 1. The summed E-state index contributed by atoms with van der Waals surface area (Å²) in [4.78, 5) is 15.2. The van der Waals surface area contributed by atoms with Gasteiger partial charge in [0.2, 0.25) is 5.88 Å². The lowest BCUT2D eigenvalue weighted by Crippen LogP contribution is -2.12. The number of nitrogens with two attached hydrogens (primary N) is 1. The number of nitrogens with zero attached hydrogens (tertiary/aromatic N) is 1. The maximum absolute atomic E-state index is 11.1. The first-order valence-corrected chi connectivity index (χ1v) is 7.06. The third kappa shape index (κ3) is 2.73. The van der Waals surface area contributed by atoms with Gasteiger partial charge in [-0.15, -0.1) is 0 Å². The summed E-state index contributed by atoms with van der Waals surface area (Å²) in [5.41, 5.74) is 5.38. The summed E-state index contributed by atoms with van der Waals surface area (Å²) in [6.45, 7) is 0. The van der Waals surface area contributed by atoms with E-state index in [1.165, 1.54) is 0 Å². The van der Waals surface area contributed by atoms with Crippen molar-refractivity contribution < 1.29 is 9.53 Å². The molecule has 4 nitrogen and oxygen atoms in total. The first kappa shape index (κ1) is 13.6. The van der Waals surface area contributed by atoms with E-state index in [-0.39, 0.29) is 5.69 Å². The van der Waals surface area contributed by atoms with E-state index in [2.05, 4.69) is 20.9 Å². The molecule has 0 bridgehead atoms. The van der Waals surface area contributed by atoms with Gasteiger partial charge in [0.15, 0.2) is 0 Å². The molecule has 0 aliphatic heterocycles. The quantitative estimate of drug-likeness (QED) is 0.785. The summed E-state index contributed by atoms with van der Waals surface area (Å²) in [5.74, 6) is 0.364. The van der Waals surface area contributed by atoms with Crippen LogP contribution in [0.1, 0.15) is 10.5 Å². The van der Waals surface area contributed by atoms with Gasteiger partial charge in [-0.05, 0) is 38.8 Å². The predicted octanol–water partition coefficient (Wildman–Crippen LogP) is 3.89. The van der Waals surface area contributed by atoms with Crippen molar-refractivity contribution in [2.24, 2.45) is 5.73 Å². The molecule has 0 aliphatic carbocycles. The van der Waals surface area contributed by atoms with Crippen molar-refractivity contribution >= 4 is 32.6 Å².